The molecule has 4 rings (SSSR count). The molecule has 3 heterocycles. The Hall–Kier alpha value is -3.30. The fourth-order valence-electron chi connectivity index (χ4n) is 4.34. The van der Waals surface area contributed by atoms with Crippen molar-refractivity contribution in [2.24, 2.45) is 5.92 Å². The number of halogens is 4. The van der Waals surface area contributed by atoms with Gasteiger partial charge in [-0.1, -0.05) is 20.8 Å². The van der Waals surface area contributed by atoms with Crippen molar-refractivity contribution in [3.8, 4) is 0 Å². The van der Waals surface area contributed by atoms with Crippen molar-refractivity contribution in [2.45, 2.75) is 63.6 Å². The van der Waals surface area contributed by atoms with Crippen LogP contribution in [-0.2, 0) is 5.41 Å². The number of carbonyl (C=O) groups excluding carboxylic acids is 1. The van der Waals surface area contributed by atoms with E-state index in [2.05, 4.69) is 25.6 Å². The minimum absolute atomic E-state index is 0.0759. The first-order valence-electron chi connectivity index (χ1n) is 11.4. The highest BCUT2D eigenvalue weighted by Gasteiger charge is 2.49. The highest BCUT2D eigenvalue weighted by Crippen LogP contribution is 2.48. The van der Waals surface area contributed by atoms with Crippen LogP contribution in [0.5, 0.6) is 0 Å². The Morgan fingerprint density at radius 2 is 1.77 bits per heavy atom. The van der Waals surface area contributed by atoms with Crippen molar-refractivity contribution in [2.75, 3.05) is 5.32 Å². The number of pyridine rings is 1. The van der Waals surface area contributed by atoms with Crippen molar-refractivity contribution in [3.05, 3.63) is 65.9 Å². The van der Waals surface area contributed by atoms with Crippen LogP contribution < -0.4 is 10.6 Å². The fourth-order valence-corrected chi connectivity index (χ4v) is 4.34. The van der Waals surface area contributed by atoms with E-state index in [1.165, 1.54) is 30.9 Å². The maximum atomic E-state index is 16.4. The lowest BCUT2D eigenvalue weighted by Gasteiger charge is -2.41. The van der Waals surface area contributed by atoms with E-state index in [1.807, 2.05) is 20.8 Å². The molecule has 0 saturated heterocycles. The number of alkyl halides is 3. The van der Waals surface area contributed by atoms with Gasteiger partial charge in [-0.3, -0.25) is 9.78 Å². The van der Waals surface area contributed by atoms with E-state index in [0.29, 0.717) is 5.82 Å². The summed E-state index contributed by atoms with van der Waals surface area (Å²) in [5.41, 5.74) is 0.122. The standard InChI is InChI=1S/C25H27F4N5O/c1-23(2,3)22-31-11-15(12-32-22)21(35)34-20-14-30-9-6-18(20)19-10-17(26)13-33-25(19,29)16-4-7-24(27,28)8-5-16/h6,9-14,16,33H,4-5,7-8H2,1-3H3,(H,34,35). The summed E-state index contributed by atoms with van der Waals surface area (Å²) in [6, 6.07) is 1.45. The second-order valence-electron chi connectivity index (χ2n) is 9.99. The first kappa shape index (κ1) is 24.8. The molecule has 6 nitrogen and oxygen atoms in total. The highest BCUT2D eigenvalue weighted by atomic mass is 19.3. The van der Waals surface area contributed by atoms with Crippen LogP contribution in [0.3, 0.4) is 0 Å². The minimum atomic E-state index is -2.84. The highest BCUT2D eigenvalue weighted by molar-refractivity contribution is 6.05. The third kappa shape index (κ3) is 5.21. The van der Waals surface area contributed by atoms with E-state index in [0.717, 1.165) is 12.3 Å². The number of amides is 1. The average molecular weight is 490 g/mol. The number of nitrogens with one attached hydrogen (secondary N) is 2. The quantitative estimate of drug-likeness (QED) is 0.425. The molecule has 1 aliphatic heterocycles. The Kier molecular flexibility index (Phi) is 6.42. The smallest absolute Gasteiger partial charge is 0.258 e. The predicted molar refractivity (Wildman–Crippen MR) is 124 cm³/mol. The minimum Gasteiger partial charge on any atom is -0.353 e. The van der Waals surface area contributed by atoms with E-state index in [4.69, 9.17) is 0 Å². The second kappa shape index (κ2) is 9.05. The maximum Gasteiger partial charge on any atom is 0.258 e. The maximum absolute atomic E-state index is 16.4. The summed E-state index contributed by atoms with van der Waals surface area (Å²) in [5, 5.41) is 5.13. The number of allylic oxidation sites excluding steroid dienone is 2. The molecule has 1 amide bonds. The zero-order valence-electron chi connectivity index (χ0n) is 19.7. The van der Waals surface area contributed by atoms with Gasteiger partial charge in [-0.15, -0.1) is 0 Å². The summed E-state index contributed by atoms with van der Waals surface area (Å²) >= 11 is 0. The third-order valence-electron chi connectivity index (χ3n) is 6.32. The van der Waals surface area contributed by atoms with Gasteiger partial charge in [-0.05, 0) is 25.0 Å². The predicted octanol–water partition coefficient (Wildman–Crippen LogP) is 5.71. The molecular weight excluding hydrogens is 462 g/mol. The monoisotopic (exact) mass is 489 g/mol. The lowest BCUT2D eigenvalue weighted by Crippen LogP contribution is -2.49. The topological polar surface area (TPSA) is 79.8 Å². The lowest BCUT2D eigenvalue weighted by molar-refractivity contribution is -0.0642. The molecule has 2 N–H and O–H groups in total. The molecule has 1 aliphatic carbocycles. The molecule has 2 aliphatic rings. The molecular formula is C25H27F4N5O. The summed E-state index contributed by atoms with van der Waals surface area (Å²) < 4.78 is 58.1. The summed E-state index contributed by atoms with van der Waals surface area (Å²) in [4.78, 5) is 25.4. The van der Waals surface area contributed by atoms with Gasteiger partial charge in [0, 0.05) is 60.1 Å². The molecule has 2 aromatic rings. The van der Waals surface area contributed by atoms with E-state index in [-0.39, 0.29) is 40.6 Å². The van der Waals surface area contributed by atoms with Crippen molar-refractivity contribution in [1.82, 2.24) is 20.3 Å². The Balaban J connectivity index is 1.64. The van der Waals surface area contributed by atoms with Gasteiger partial charge in [-0.2, -0.15) is 0 Å². The van der Waals surface area contributed by atoms with Crippen molar-refractivity contribution in [3.63, 3.8) is 0 Å². The molecule has 1 fully saturated rings. The van der Waals surface area contributed by atoms with E-state index >= 15 is 4.39 Å². The van der Waals surface area contributed by atoms with Crippen LogP contribution in [0, 0.1) is 5.92 Å². The van der Waals surface area contributed by atoms with Crippen LogP contribution in [-0.4, -0.2) is 32.6 Å². The van der Waals surface area contributed by atoms with Gasteiger partial charge >= 0.3 is 0 Å². The molecule has 186 valence electrons. The number of aromatic nitrogens is 3. The van der Waals surface area contributed by atoms with Crippen LogP contribution in [0.2, 0.25) is 0 Å². The Bertz CT molecular complexity index is 1160. The SMILES string of the molecule is CC(C)(C)c1ncc(C(=O)Nc2cnccc2C2=CC(F)=CNC2(F)C2CCC(F)(F)CC2)cn1. The molecule has 0 bridgehead atoms. The van der Waals surface area contributed by atoms with Gasteiger partial charge in [0.2, 0.25) is 11.7 Å². The molecule has 10 heteroatoms. The number of anilines is 1. The molecule has 0 spiro atoms. The largest absolute Gasteiger partial charge is 0.353 e. The molecule has 0 radical (unpaired) electrons. The third-order valence-corrected chi connectivity index (χ3v) is 6.32. The number of rotatable bonds is 4. The van der Waals surface area contributed by atoms with Gasteiger partial charge in [-0.25, -0.2) is 27.5 Å². The van der Waals surface area contributed by atoms with E-state index in [1.54, 1.807) is 0 Å². The number of hydrogen-bond acceptors (Lipinski definition) is 5. The first-order valence-corrected chi connectivity index (χ1v) is 11.4. The Morgan fingerprint density at radius 1 is 1.11 bits per heavy atom. The molecule has 0 aromatic carbocycles. The van der Waals surface area contributed by atoms with Crippen LogP contribution in [0.4, 0.5) is 23.2 Å². The number of nitrogens with zero attached hydrogens (tertiary/aromatic N) is 3. The lowest BCUT2D eigenvalue weighted by atomic mass is 9.75. The van der Waals surface area contributed by atoms with Crippen LogP contribution in [0.25, 0.3) is 5.57 Å². The molecule has 1 unspecified atom stereocenters. The molecule has 1 saturated carbocycles. The summed E-state index contributed by atoms with van der Waals surface area (Å²) in [6.45, 7) is 5.83. The van der Waals surface area contributed by atoms with E-state index < -0.39 is 42.2 Å². The molecule has 2 aromatic heterocycles. The van der Waals surface area contributed by atoms with Crippen LogP contribution in [0.15, 0.2) is 49.0 Å². The van der Waals surface area contributed by atoms with Crippen molar-refractivity contribution < 1.29 is 22.4 Å². The van der Waals surface area contributed by atoms with E-state index in [9.17, 15) is 18.0 Å². The number of carbonyl (C=O) groups is 1. The second-order valence-corrected chi connectivity index (χ2v) is 9.99. The summed E-state index contributed by atoms with van der Waals surface area (Å²) in [7, 11) is 0. The number of dihydropyridines is 1. The number of hydrogen-bond donors (Lipinski definition) is 2. The zero-order chi connectivity index (χ0) is 25.4. The Labute approximate surface area is 201 Å². The van der Waals surface area contributed by atoms with Gasteiger partial charge in [0.25, 0.3) is 5.91 Å². The summed E-state index contributed by atoms with van der Waals surface area (Å²) in [6.07, 6.45) is 6.36. The molecule has 35 heavy (non-hydrogen) atoms. The summed E-state index contributed by atoms with van der Waals surface area (Å²) in [5.74, 6) is -6.67. The van der Waals surface area contributed by atoms with Crippen molar-refractivity contribution >= 4 is 17.2 Å². The van der Waals surface area contributed by atoms with Gasteiger partial charge in [0.05, 0.1) is 17.4 Å². The fraction of sp³-hybridized carbons (Fsp3) is 0.440. The Morgan fingerprint density at radius 3 is 2.40 bits per heavy atom. The zero-order valence-corrected chi connectivity index (χ0v) is 19.7. The van der Waals surface area contributed by atoms with Crippen LogP contribution >= 0.6 is 0 Å². The van der Waals surface area contributed by atoms with Crippen molar-refractivity contribution in [1.29, 1.82) is 0 Å². The van der Waals surface area contributed by atoms with Gasteiger partial charge in [0.1, 0.15) is 11.7 Å². The van der Waals surface area contributed by atoms with Crippen LogP contribution in [0.1, 0.15) is 68.2 Å². The average Bonchev–Trinajstić information content (AvgIpc) is 2.80. The first-order chi connectivity index (χ1) is 16.4. The normalized spacial score (nSPS) is 22.6. The van der Waals surface area contributed by atoms with Gasteiger partial charge < -0.3 is 10.6 Å². The molecule has 1 atom stereocenters. The van der Waals surface area contributed by atoms with Gasteiger partial charge in [0.15, 0.2) is 0 Å².